The zero-order chi connectivity index (χ0) is 8.02. The highest BCUT2D eigenvalue weighted by Crippen LogP contribution is 2.63. The molecule has 0 amide bonds. The average molecular weight is 157 g/mol. The first-order chi connectivity index (χ1) is 5.92. The van der Waals surface area contributed by atoms with Crippen molar-refractivity contribution in [3.05, 3.63) is 41.8 Å². The van der Waals surface area contributed by atoms with Crippen LogP contribution in [0.25, 0.3) is 0 Å². The summed E-state index contributed by atoms with van der Waals surface area (Å²) in [5.41, 5.74) is 2.14. The van der Waals surface area contributed by atoms with Gasteiger partial charge in [-0.05, 0) is 37.2 Å². The van der Waals surface area contributed by atoms with E-state index in [1.165, 1.54) is 25.7 Å². The molecule has 0 aromatic heterocycles. The first-order valence-corrected chi connectivity index (χ1v) is 4.82. The molecule has 0 bridgehead atoms. The minimum Gasteiger partial charge on any atom is -0.0622 e. The Morgan fingerprint density at radius 2 is 1.58 bits per heavy atom. The zero-order valence-electron chi connectivity index (χ0n) is 7.22. The van der Waals surface area contributed by atoms with Crippen LogP contribution in [0.15, 0.2) is 30.3 Å². The van der Waals surface area contributed by atoms with Crippen molar-refractivity contribution in [2.75, 3.05) is 0 Å². The van der Waals surface area contributed by atoms with Crippen LogP contribution in [-0.4, -0.2) is 0 Å². The van der Waals surface area contributed by atoms with Gasteiger partial charge in [-0.1, -0.05) is 30.3 Å². The molecule has 61 valence electrons. The second-order valence-electron chi connectivity index (χ2n) is 4.05. The molecule has 1 aromatic carbocycles. The largest absolute Gasteiger partial charge is 0.0622 e. The molecule has 2 fully saturated rings. The van der Waals surface area contributed by atoms with E-state index in [0.717, 1.165) is 0 Å². The minimum absolute atomic E-state index is 0.571. The van der Waals surface area contributed by atoms with Gasteiger partial charge in [0, 0.05) is 5.41 Å². The predicted molar refractivity (Wildman–Crippen MR) is 49.8 cm³/mol. The van der Waals surface area contributed by atoms with Crippen LogP contribution in [0.4, 0.5) is 0 Å². The maximum atomic E-state index is 2.29. The molecule has 0 heteroatoms. The lowest BCUT2D eigenvalue weighted by Gasteiger charge is -2.13. The lowest BCUT2D eigenvalue weighted by Crippen LogP contribution is -2.06. The molecule has 0 spiro atoms. The van der Waals surface area contributed by atoms with Gasteiger partial charge in [0.25, 0.3) is 0 Å². The third-order valence-corrected chi connectivity index (χ3v) is 3.25. The number of hydrogen-bond acceptors (Lipinski definition) is 0. The third kappa shape index (κ3) is 0.841. The Kier molecular flexibility index (Phi) is 1.19. The lowest BCUT2D eigenvalue weighted by atomic mass is 9.91. The molecular weight excluding hydrogens is 144 g/mol. The molecule has 2 aliphatic rings. The van der Waals surface area contributed by atoms with Crippen molar-refractivity contribution in [3.63, 3.8) is 0 Å². The van der Waals surface area contributed by atoms with Crippen molar-refractivity contribution in [2.24, 2.45) is 0 Å². The van der Waals surface area contributed by atoms with Crippen molar-refractivity contribution in [3.8, 4) is 0 Å². The van der Waals surface area contributed by atoms with Crippen LogP contribution >= 0.6 is 0 Å². The van der Waals surface area contributed by atoms with E-state index in [0.29, 0.717) is 5.41 Å². The molecule has 1 radical (unpaired) electrons. The highest BCUT2D eigenvalue weighted by atomic mass is 14.6. The molecule has 1 aromatic rings. The Hall–Kier alpha value is -0.780. The Morgan fingerprint density at radius 3 is 2.08 bits per heavy atom. The normalized spacial score (nSPS) is 25.3. The first-order valence-electron chi connectivity index (χ1n) is 4.82. The molecule has 2 aliphatic carbocycles. The number of hydrogen-bond donors (Lipinski definition) is 0. The fourth-order valence-electron chi connectivity index (χ4n) is 2.27. The topological polar surface area (TPSA) is 0 Å². The quantitative estimate of drug-likeness (QED) is 0.619. The molecule has 0 nitrogen and oxygen atoms in total. The summed E-state index contributed by atoms with van der Waals surface area (Å²) in [5, 5.41) is 0. The van der Waals surface area contributed by atoms with Gasteiger partial charge in [-0.2, -0.15) is 0 Å². The second-order valence-corrected chi connectivity index (χ2v) is 4.05. The van der Waals surface area contributed by atoms with Crippen LogP contribution in [0.5, 0.6) is 0 Å². The van der Waals surface area contributed by atoms with Gasteiger partial charge in [0.1, 0.15) is 0 Å². The Bertz CT molecular complexity index is 278. The van der Waals surface area contributed by atoms with E-state index in [1.54, 1.807) is 5.56 Å². The van der Waals surface area contributed by atoms with Crippen LogP contribution in [0, 0.1) is 5.92 Å². The van der Waals surface area contributed by atoms with Gasteiger partial charge in [0.05, 0.1) is 0 Å². The monoisotopic (exact) mass is 157 g/mol. The fraction of sp³-hybridized carbons (Fsp3) is 0.417. The molecule has 0 N–H and O–H groups in total. The molecule has 0 atom stereocenters. The fourth-order valence-corrected chi connectivity index (χ4v) is 2.27. The van der Waals surface area contributed by atoms with Gasteiger partial charge in [-0.15, -0.1) is 0 Å². The SMILES string of the molecule is c1ccc(C2([C]3CC3)CC2)cc1. The maximum absolute atomic E-state index is 2.29. The van der Waals surface area contributed by atoms with Crippen molar-refractivity contribution in [1.82, 2.24) is 0 Å². The highest BCUT2D eigenvalue weighted by molar-refractivity contribution is 5.43. The standard InChI is InChI=1S/C12H13/c1-2-4-10(5-3-1)12(8-9-12)11-6-7-11/h1-5H,6-9H2. The number of benzene rings is 1. The first kappa shape index (κ1) is 6.71. The maximum Gasteiger partial charge on any atom is 0.00157 e. The summed E-state index contributed by atoms with van der Waals surface area (Å²) in [4.78, 5) is 0. The summed E-state index contributed by atoms with van der Waals surface area (Å²) >= 11 is 0. The van der Waals surface area contributed by atoms with E-state index in [-0.39, 0.29) is 0 Å². The molecule has 0 saturated heterocycles. The van der Waals surface area contributed by atoms with Gasteiger partial charge in [-0.25, -0.2) is 0 Å². The van der Waals surface area contributed by atoms with Crippen molar-refractivity contribution in [1.29, 1.82) is 0 Å². The van der Waals surface area contributed by atoms with Gasteiger partial charge >= 0.3 is 0 Å². The summed E-state index contributed by atoms with van der Waals surface area (Å²) in [6.07, 6.45) is 5.61. The van der Waals surface area contributed by atoms with E-state index in [2.05, 4.69) is 30.3 Å². The van der Waals surface area contributed by atoms with Crippen molar-refractivity contribution < 1.29 is 0 Å². The zero-order valence-corrected chi connectivity index (χ0v) is 7.22. The van der Waals surface area contributed by atoms with Gasteiger partial charge in [0.15, 0.2) is 0 Å². The second kappa shape index (κ2) is 2.12. The molecule has 3 rings (SSSR count). The van der Waals surface area contributed by atoms with E-state index in [9.17, 15) is 0 Å². The van der Waals surface area contributed by atoms with E-state index < -0.39 is 0 Å². The van der Waals surface area contributed by atoms with Crippen molar-refractivity contribution >= 4 is 0 Å². The molecule has 2 saturated carbocycles. The Labute approximate surface area is 73.6 Å². The van der Waals surface area contributed by atoms with Crippen LogP contribution < -0.4 is 0 Å². The van der Waals surface area contributed by atoms with Gasteiger partial charge < -0.3 is 0 Å². The Morgan fingerprint density at radius 1 is 0.917 bits per heavy atom. The molecular formula is C12H13. The smallest absolute Gasteiger partial charge is 0.00157 e. The third-order valence-electron chi connectivity index (χ3n) is 3.25. The highest BCUT2D eigenvalue weighted by Gasteiger charge is 2.54. The Balaban J connectivity index is 1.97. The van der Waals surface area contributed by atoms with Crippen LogP contribution in [0.3, 0.4) is 0 Å². The van der Waals surface area contributed by atoms with Crippen LogP contribution in [0.1, 0.15) is 31.2 Å². The molecule has 12 heavy (non-hydrogen) atoms. The number of rotatable bonds is 2. The summed E-state index contributed by atoms with van der Waals surface area (Å²) < 4.78 is 0. The van der Waals surface area contributed by atoms with E-state index in [1.807, 2.05) is 5.92 Å². The van der Waals surface area contributed by atoms with E-state index >= 15 is 0 Å². The molecule has 0 heterocycles. The van der Waals surface area contributed by atoms with Crippen molar-refractivity contribution in [2.45, 2.75) is 31.1 Å². The summed E-state index contributed by atoms with van der Waals surface area (Å²) in [6, 6.07) is 11.0. The lowest BCUT2D eigenvalue weighted by molar-refractivity contribution is 0.788. The van der Waals surface area contributed by atoms with Gasteiger partial charge in [-0.3, -0.25) is 0 Å². The van der Waals surface area contributed by atoms with E-state index in [4.69, 9.17) is 0 Å². The molecule has 0 unspecified atom stereocenters. The summed E-state index contributed by atoms with van der Waals surface area (Å²) in [7, 11) is 0. The van der Waals surface area contributed by atoms with Crippen LogP contribution in [-0.2, 0) is 5.41 Å². The predicted octanol–water partition coefficient (Wildman–Crippen LogP) is 3.09. The summed E-state index contributed by atoms with van der Waals surface area (Å²) in [5.74, 6) is 1.81. The van der Waals surface area contributed by atoms with Crippen LogP contribution in [0.2, 0.25) is 0 Å². The average Bonchev–Trinajstić information content (AvgIpc) is 2.99. The molecule has 0 aliphatic heterocycles. The van der Waals surface area contributed by atoms with Gasteiger partial charge in [0.2, 0.25) is 0 Å². The summed E-state index contributed by atoms with van der Waals surface area (Å²) in [6.45, 7) is 0. The minimum atomic E-state index is 0.571.